The molecule has 0 fully saturated rings. The summed E-state index contributed by atoms with van der Waals surface area (Å²) in [6, 6.07) is 46.4. The second kappa shape index (κ2) is 14.4. The Kier molecular flexibility index (Phi) is 9.23. The van der Waals surface area contributed by atoms with Gasteiger partial charge in [-0.25, -0.2) is 4.39 Å². The number of hydrogen-bond acceptors (Lipinski definition) is 4. The van der Waals surface area contributed by atoms with Gasteiger partial charge in [0.1, 0.15) is 18.1 Å². The zero-order valence-electron chi connectivity index (χ0n) is 29.8. The van der Waals surface area contributed by atoms with Crippen LogP contribution >= 0.6 is 0 Å². The Morgan fingerprint density at radius 1 is 0.585 bits per heavy atom. The fourth-order valence-electron chi connectivity index (χ4n) is 7.43. The Morgan fingerprint density at radius 2 is 1.04 bits per heavy atom. The van der Waals surface area contributed by atoms with Crippen molar-refractivity contribution >= 4 is 34.6 Å². The van der Waals surface area contributed by atoms with Gasteiger partial charge >= 0.3 is 0 Å². The van der Waals surface area contributed by atoms with Gasteiger partial charge in [-0.15, -0.1) is 0 Å². The number of aryl methyl sites for hydroxylation is 2. The van der Waals surface area contributed by atoms with Gasteiger partial charge in [-0.1, -0.05) is 97.4 Å². The van der Waals surface area contributed by atoms with Crippen LogP contribution in [0.4, 0.5) is 27.1 Å². The first-order valence-corrected chi connectivity index (χ1v) is 18.2. The molecule has 53 heavy (non-hydrogen) atoms. The number of carbonyl (C=O) groups excluding carboxylic acids is 2. The highest BCUT2D eigenvalue weighted by molar-refractivity contribution is 6.13. The maximum Gasteiger partial charge on any atom is 0.262 e. The molecule has 0 bridgehead atoms. The number of benzene rings is 6. The molecule has 0 saturated heterocycles. The summed E-state index contributed by atoms with van der Waals surface area (Å²) in [5.41, 5.74) is 9.98. The third-order valence-corrected chi connectivity index (χ3v) is 10.4. The highest BCUT2D eigenvalue weighted by atomic mass is 19.1. The first-order chi connectivity index (χ1) is 25.8. The van der Waals surface area contributed by atoms with E-state index in [1.54, 1.807) is 17.0 Å². The zero-order valence-corrected chi connectivity index (χ0v) is 29.8. The molecule has 6 aromatic rings. The van der Waals surface area contributed by atoms with Gasteiger partial charge in [0.2, 0.25) is 0 Å². The number of amides is 2. The van der Waals surface area contributed by atoms with E-state index in [2.05, 4.69) is 97.3 Å². The van der Waals surface area contributed by atoms with Crippen molar-refractivity contribution in [1.29, 1.82) is 0 Å². The van der Waals surface area contributed by atoms with E-state index in [0.29, 0.717) is 22.7 Å². The van der Waals surface area contributed by atoms with Crippen molar-refractivity contribution in [2.75, 3.05) is 20.4 Å². The van der Waals surface area contributed by atoms with E-state index in [1.807, 2.05) is 53.4 Å². The quantitative estimate of drug-likeness (QED) is 0.158. The molecule has 0 saturated carbocycles. The third kappa shape index (κ3) is 6.90. The van der Waals surface area contributed by atoms with Crippen molar-refractivity contribution in [2.45, 2.75) is 45.4 Å². The molecule has 3 unspecified atom stereocenters. The summed E-state index contributed by atoms with van der Waals surface area (Å²) < 4.78 is 13.8. The summed E-state index contributed by atoms with van der Waals surface area (Å²) in [4.78, 5) is 31.1. The van der Waals surface area contributed by atoms with Crippen LogP contribution in [0.5, 0.6) is 0 Å². The van der Waals surface area contributed by atoms with Gasteiger partial charge in [0.05, 0.1) is 11.1 Å². The monoisotopic (exact) mass is 700 g/mol. The minimum Gasteiger partial charge on any atom is -0.360 e. The van der Waals surface area contributed by atoms with Gasteiger partial charge in [0.25, 0.3) is 11.8 Å². The molecule has 0 spiro atoms. The lowest BCUT2D eigenvalue weighted by Crippen LogP contribution is -2.43. The van der Waals surface area contributed by atoms with Gasteiger partial charge in [-0.3, -0.25) is 19.4 Å². The molecule has 0 aromatic heterocycles. The van der Waals surface area contributed by atoms with E-state index < -0.39 is 6.17 Å². The summed E-state index contributed by atoms with van der Waals surface area (Å²) >= 11 is 0. The van der Waals surface area contributed by atoms with Gasteiger partial charge in [0.15, 0.2) is 0 Å². The van der Waals surface area contributed by atoms with E-state index in [9.17, 15) is 14.0 Å². The number of anilines is 4. The first kappa shape index (κ1) is 33.9. The Hall–Kier alpha value is -6.21. The van der Waals surface area contributed by atoms with E-state index >= 15 is 0 Å². The molecule has 2 aliphatic rings. The fourth-order valence-corrected chi connectivity index (χ4v) is 7.43. The molecule has 2 N–H and O–H groups in total. The van der Waals surface area contributed by atoms with E-state index in [-0.39, 0.29) is 23.8 Å². The number of fused-ring (bicyclic) bond motifs is 2. The highest BCUT2D eigenvalue weighted by Gasteiger charge is 2.35. The molecule has 0 aliphatic carbocycles. The Morgan fingerprint density at radius 3 is 1.57 bits per heavy atom. The number of hydrogen-bond donors (Lipinski definition) is 2. The summed E-state index contributed by atoms with van der Waals surface area (Å²) in [5.74, 6) is -0.0510. The average Bonchev–Trinajstić information content (AvgIpc) is 3.18. The minimum absolute atomic E-state index is 0.0174. The molecule has 264 valence electrons. The third-order valence-electron chi connectivity index (χ3n) is 10.4. The molecule has 6 nitrogen and oxygen atoms in total. The lowest BCUT2D eigenvalue weighted by Gasteiger charge is -2.38. The SMILES string of the molecule is Cc1ccc(C2Nc3ccccc3C(=O)N2c2ccc(CCC(C)Cc3ccc(C4Nc5ccccc5C(=O)N4c4ccc(F)cc4)cc3)cc2)cc1. The second-order valence-electron chi connectivity index (χ2n) is 14.2. The van der Waals surface area contributed by atoms with Crippen molar-refractivity contribution < 1.29 is 14.0 Å². The van der Waals surface area contributed by atoms with Crippen molar-refractivity contribution in [3.05, 3.63) is 190 Å². The fraction of sp³-hybridized carbons (Fsp3) is 0.174. The molecule has 0 radical (unpaired) electrons. The number of rotatable bonds is 9. The highest BCUT2D eigenvalue weighted by Crippen LogP contribution is 2.38. The average molecular weight is 701 g/mol. The Labute approximate surface area is 309 Å². The molecule has 2 aliphatic heterocycles. The van der Waals surface area contributed by atoms with Crippen molar-refractivity contribution in [2.24, 2.45) is 5.92 Å². The van der Waals surface area contributed by atoms with Crippen molar-refractivity contribution in [3.8, 4) is 0 Å². The maximum atomic E-state index is 13.9. The number of para-hydroxylation sites is 2. The van der Waals surface area contributed by atoms with Gasteiger partial charge < -0.3 is 10.6 Å². The van der Waals surface area contributed by atoms with E-state index in [1.165, 1.54) is 28.8 Å². The predicted octanol–water partition coefficient (Wildman–Crippen LogP) is 10.5. The standard InChI is InChI=1S/C46H41FN4O2/c1-30-12-19-34(20-13-30)43-48-41-9-5-3-7-39(41)45(52)50(43)37-25-17-32(18-26-37)14-11-31(2)29-33-15-21-35(22-16-33)44-49-42-10-6-4-8-40(42)46(53)51(44)38-27-23-36(47)24-28-38/h3-10,12-13,15-28,31,43-44,48-49H,11,14,29H2,1-2H3. The molecular formula is C46H41FN4O2. The zero-order chi connectivity index (χ0) is 36.5. The molecule has 8 rings (SSSR count). The molecule has 2 amide bonds. The Balaban J connectivity index is 0.935. The summed E-state index contributed by atoms with van der Waals surface area (Å²) in [7, 11) is 0. The van der Waals surface area contributed by atoms with E-state index in [0.717, 1.165) is 47.5 Å². The molecule has 2 heterocycles. The summed E-state index contributed by atoms with van der Waals surface area (Å²) in [6.07, 6.45) is 2.11. The van der Waals surface area contributed by atoms with Gasteiger partial charge in [0, 0.05) is 22.7 Å². The van der Waals surface area contributed by atoms with Crippen LogP contribution in [-0.4, -0.2) is 11.8 Å². The minimum atomic E-state index is -0.435. The molecule has 6 aromatic carbocycles. The van der Waals surface area contributed by atoms with E-state index in [4.69, 9.17) is 0 Å². The number of carbonyl (C=O) groups is 2. The number of halogens is 1. The molecular weight excluding hydrogens is 660 g/mol. The van der Waals surface area contributed by atoms with Crippen LogP contribution in [0, 0.1) is 18.7 Å². The topological polar surface area (TPSA) is 64.7 Å². The summed E-state index contributed by atoms with van der Waals surface area (Å²) in [6.45, 7) is 4.34. The van der Waals surface area contributed by atoms with Crippen LogP contribution in [0.2, 0.25) is 0 Å². The maximum absolute atomic E-state index is 13.9. The normalized spacial score (nSPS) is 17.0. The van der Waals surface area contributed by atoms with Crippen LogP contribution in [0.25, 0.3) is 0 Å². The predicted molar refractivity (Wildman–Crippen MR) is 211 cm³/mol. The molecule has 7 heteroatoms. The largest absolute Gasteiger partial charge is 0.360 e. The Bertz CT molecular complexity index is 2250. The first-order valence-electron chi connectivity index (χ1n) is 18.2. The van der Waals surface area contributed by atoms with Gasteiger partial charge in [-0.2, -0.15) is 0 Å². The van der Waals surface area contributed by atoms with Crippen LogP contribution in [-0.2, 0) is 12.8 Å². The number of nitrogens with one attached hydrogen (secondary N) is 2. The van der Waals surface area contributed by atoms with Crippen LogP contribution in [0.3, 0.4) is 0 Å². The lowest BCUT2D eigenvalue weighted by atomic mass is 9.93. The molecule has 3 atom stereocenters. The van der Waals surface area contributed by atoms with Crippen LogP contribution in [0.15, 0.2) is 146 Å². The second-order valence-corrected chi connectivity index (χ2v) is 14.2. The van der Waals surface area contributed by atoms with Crippen LogP contribution < -0.4 is 20.4 Å². The van der Waals surface area contributed by atoms with Crippen molar-refractivity contribution in [3.63, 3.8) is 0 Å². The summed E-state index contributed by atoms with van der Waals surface area (Å²) in [5, 5.41) is 7.14. The smallest absolute Gasteiger partial charge is 0.262 e. The number of nitrogens with zero attached hydrogens (tertiary/aromatic N) is 2. The van der Waals surface area contributed by atoms with Crippen molar-refractivity contribution in [1.82, 2.24) is 0 Å². The lowest BCUT2D eigenvalue weighted by molar-refractivity contribution is 0.0967. The van der Waals surface area contributed by atoms with Crippen LogP contribution in [0.1, 0.15) is 74.2 Å². The van der Waals surface area contributed by atoms with Gasteiger partial charge in [-0.05, 0) is 115 Å².